The van der Waals surface area contributed by atoms with Gasteiger partial charge in [-0.25, -0.2) is 13.2 Å². The predicted octanol–water partition coefficient (Wildman–Crippen LogP) is 1.49. The molecule has 0 aliphatic carbocycles. The van der Waals surface area contributed by atoms with Crippen LogP contribution in [0.4, 0.5) is 0 Å². The number of benzene rings is 1. The van der Waals surface area contributed by atoms with E-state index in [1.807, 2.05) is 0 Å². The molecule has 132 valence electrons. The Bertz CT molecular complexity index is 730. The van der Waals surface area contributed by atoms with Crippen molar-refractivity contribution in [3.63, 3.8) is 0 Å². The topological polar surface area (TPSA) is 101 Å². The van der Waals surface area contributed by atoms with Crippen LogP contribution in [0.25, 0.3) is 0 Å². The van der Waals surface area contributed by atoms with Crippen molar-refractivity contribution in [3.8, 4) is 0 Å². The van der Waals surface area contributed by atoms with Crippen LogP contribution in [0.1, 0.15) is 35.7 Å². The van der Waals surface area contributed by atoms with Gasteiger partial charge in [0.1, 0.15) is 0 Å². The Morgan fingerprint density at radius 2 is 1.96 bits per heavy atom. The summed E-state index contributed by atoms with van der Waals surface area (Å²) in [6.45, 7) is 1.72. The molecule has 1 aliphatic rings. The van der Waals surface area contributed by atoms with Crippen molar-refractivity contribution in [1.29, 1.82) is 0 Å². The van der Waals surface area contributed by atoms with E-state index in [2.05, 4.69) is 4.74 Å². The maximum absolute atomic E-state index is 12.8. The Morgan fingerprint density at radius 3 is 2.58 bits per heavy atom. The number of carbonyl (C=O) groups excluding carboxylic acids is 1. The highest BCUT2D eigenvalue weighted by atomic mass is 32.2. The number of piperidine rings is 1. The molecule has 1 heterocycles. The fourth-order valence-electron chi connectivity index (χ4n) is 2.90. The van der Waals surface area contributed by atoms with E-state index in [1.54, 1.807) is 25.1 Å². The Hall–Kier alpha value is -1.93. The second-order valence-electron chi connectivity index (χ2n) is 5.94. The van der Waals surface area contributed by atoms with Crippen LogP contribution >= 0.6 is 0 Å². The smallest absolute Gasteiger partial charge is 0.338 e. The van der Waals surface area contributed by atoms with Gasteiger partial charge in [0.05, 0.1) is 24.3 Å². The number of hydrogen-bond acceptors (Lipinski definition) is 5. The molecule has 1 saturated heterocycles. The Balaban J connectivity index is 2.28. The predicted molar refractivity (Wildman–Crippen MR) is 86.9 cm³/mol. The van der Waals surface area contributed by atoms with Gasteiger partial charge in [-0.1, -0.05) is 18.2 Å². The normalized spacial score (nSPS) is 22.1. The lowest BCUT2D eigenvalue weighted by atomic mass is 9.96. The fraction of sp³-hybridized carbons (Fsp3) is 0.500. The van der Waals surface area contributed by atoms with Crippen molar-refractivity contribution in [2.45, 2.75) is 31.6 Å². The zero-order valence-electron chi connectivity index (χ0n) is 13.6. The van der Waals surface area contributed by atoms with E-state index in [4.69, 9.17) is 5.11 Å². The van der Waals surface area contributed by atoms with Gasteiger partial charge in [-0.3, -0.25) is 4.79 Å². The largest absolute Gasteiger partial charge is 0.481 e. The Labute approximate surface area is 141 Å². The molecule has 2 unspecified atom stereocenters. The van der Waals surface area contributed by atoms with Crippen LogP contribution in [-0.4, -0.2) is 49.5 Å². The highest BCUT2D eigenvalue weighted by Crippen LogP contribution is 2.27. The summed E-state index contributed by atoms with van der Waals surface area (Å²) >= 11 is 0. The number of ether oxygens (including phenoxy) is 1. The zero-order valence-corrected chi connectivity index (χ0v) is 14.5. The Kier molecular flexibility index (Phi) is 5.61. The molecule has 0 bridgehead atoms. The maximum Gasteiger partial charge on any atom is 0.338 e. The second kappa shape index (κ2) is 7.31. The molecule has 2 rings (SSSR count). The molecule has 0 saturated carbocycles. The number of rotatable bonds is 5. The minimum absolute atomic E-state index is 0.0424. The third-order valence-electron chi connectivity index (χ3n) is 4.29. The average molecular weight is 355 g/mol. The first kappa shape index (κ1) is 18.4. The van der Waals surface area contributed by atoms with Crippen LogP contribution < -0.4 is 0 Å². The van der Waals surface area contributed by atoms with Crippen LogP contribution in [0.15, 0.2) is 24.3 Å². The number of aliphatic carboxylic acids is 1. The molecule has 0 spiro atoms. The Morgan fingerprint density at radius 1 is 1.29 bits per heavy atom. The molecule has 0 radical (unpaired) electrons. The monoisotopic (exact) mass is 355 g/mol. The van der Waals surface area contributed by atoms with Gasteiger partial charge in [0, 0.05) is 12.6 Å². The van der Waals surface area contributed by atoms with E-state index in [0.29, 0.717) is 18.4 Å². The van der Waals surface area contributed by atoms with Crippen LogP contribution in [0.3, 0.4) is 0 Å². The van der Waals surface area contributed by atoms with Crippen molar-refractivity contribution in [3.05, 3.63) is 35.4 Å². The summed E-state index contributed by atoms with van der Waals surface area (Å²) < 4.78 is 31.5. The first-order valence-electron chi connectivity index (χ1n) is 7.64. The maximum atomic E-state index is 12.8. The van der Waals surface area contributed by atoms with Gasteiger partial charge in [0.2, 0.25) is 10.0 Å². The summed E-state index contributed by atoms with van der Waals surface area (Å²) in [4.78, 5) is 23.0. The highest BCUT2D eigenvalue weighted by Gasteiger charge is 2.37. The highest BCUT2D eigenvalue weighted by molar-refractivity contribution is 7.88. The van der Waals surface area contributed by atoms with Gasteiger partial charge < -0.3 is 9.84 Å². The number of carboxylic acid groups (broad SMARTS) is 1. The third kappa shape index (κ3) is 3.93. The molecule has 1 N–H and O–H groups in total. The molecule has 2 atom stereocenters. The quantitative estimate of drug-likeness (QED) is 0.803. The van der Waals surface area contributed by atoms with Gasteiger partial charge in [-0.05, 0) is 31.4 Å². The molecule has 0 amide bonds. The molecular weight excluding hydrogens is 334 g/mol. The number of carboxylic acids is 1. The minimum atomic E-state index is -3.75. The summed E-state index contributed by atoms with van der Waals surface area (Å²) in [7, 11) is -2.52. The van der Waals surface area contributed by atoms with Crippen LogP contribution in [-0.2, 0) is 25.3 Å². The summed E-state index contributed by atoms with van der Waals surface area (Å²) in [6, 6.07) is 6.09. The van der Waals surface area contributed by atoms with Crippen molar-refractivity contribution in [2.75, 3.05) is 13.7 Å². The number of sulfonamides is 1. The van der Waals surface area contributed by atoms with Gasteiger partial charge in [0.25, 0.3) is 0 Å². The number of carbonyl (C=O) groups is 2. The van der Waals surface area contributed by atoms with Crippen LogP contribution in [0.2, 0.25) is 0 Å². The lowest BCUT2D eigenvalue weighted by molar-refractivity contribution is -0.143. The molecule has 1 aromatic rings. The molecule has 8 heteroatoms. The van der Waals surface area contributed by atoms with Crippen molar-refractivity contribution in [1.82, 2.24) is 4.31 Å². The molecular formula is C16H21NO6S. The molecule has 1 aromatic carbocycles. The van der Waals surface area contributed by atoms with E-state index in [-0.39, 0.29) is 23.9 Å². The third-order valence-corrected chi connectivity index (χ3v) is 6.19. The number of hydrogen-bond donors (Lipinski definition) is 1. The molecule has 1 aliphatic heterocycles. The van der Waals surface area contributed by atoms with Crippen LogP contribution in [0.5, 0.6) is 0 Å². The number of esters is 1. The van der Waals surface area contributed by atoms with Crippen molar-refractivity contribution < 1.29 is 27.9 Å². The fourth-order valence-corrected chi connectivity index (χ4v) is 4.77. The van der Waals surface area contributed by atoms with Crippen molar-refractivity contribution in [2.24, 2.45) is 5.92 Å². The summed E-state index contributed by atoms with van der Waals surface area (Å²) in [5.41, 5.74) is 0.539. The summed E-state index contributed by atoms with van der Waals surface area (Å²) in [5.74, 6) is -2.66. The zero-order chi connectivity index (χ0) is 17.9. The van der Waals surface area contributed by atoms with E-state index in [1.165, 1.54) is 17.5 Å². The van der Waals surface area contributed by atoms with Gasteiger partial charge in [0.15, 0.2) is 0 Å². The second-order valence-corrected chi connectivity index (χ2v) is 7.86. The van der Waals surface area contributed by atoms with E-state index < -0.39 is 27.9 Å². The van der Waals surface area contributed by atoms with Gasteiger partial charge >= 0.3 is 11.9 Å². The lowest BCUT2D eigenvalue weighted by Gasteiger charge is -2.35. The van der Waals surface area contributed by atoms with Gasteiger partial charge in [-0.15, -0.1) is 0 Å². The van der Waals surface area contributed by atoms with E-state index in [9.17, 15) is 18.0 Å². The van der Waals surface area contributed by atoms with Gasteiger partial charge in [-0.2, -0.15) is 4.31 Å². The summed E-state index contributed by atoms with van der Waals surface area (Å²) in [6.07, 6.45) is 0.954. The first-order chi connectivity index (χ1) is 11.3. The summed E-state index contributed by atoms with van der Waals surface area (Å²) in [5, 5.41) is 9.16. The molecule has 0 aromatic heterocycles. The average Bonchev–Trinajstić information content (AvgIpc) is 2.54. The standard InChI is InChI=1S/C16H21NO6S/c1-11-7-8-12(15(18)19)9-17(11)24(21,22)10-13-5-3-4-6-14(13)16(20)23-2/h3-6,11-12H,7-10H2,1-2H3,(H,18,19). The minimum Gasteiger partial charge on any atom is -0.481 e. The number of nitrogens with zero attached hydrogens (tertiary/aromatic N) is 1. The SMILES string of the molecule is COC(=O)c1ccccc1CS(=O)(=O)N1CC(C(=O)O)CCC1C. The first-order valence-corrected chi connectivity index (χ1v) is 9.25. The van der Waals surface area contributed by atoms with Crippen LogP contribution in [0, 0.1) is 5.92 Å². The van der Waals surface area contributed by atoms with E-state index >= 15 is 0 Å². The van der Waals surface area contributed by atoms with Crippen molar-refractivity contribution >= 4 is 22.0 Å². The molecule has 24 heavy (non-hydrogen) atoms. The number of methoxy groups -OCH3 is 1. The molecule has 1 fully saturated rings. The lowest BCUT2D eigenvalue weighted by Crippen LogP contribution is -2.47. The molecule has 7 nitrogen and oxygen atoms in total. The van der Waals surface area contributed by atoms with E-state index in [0.717, 1.165) is 0 Å².